The Hall–Kier alpha value is -1.02. The van der Waals surface area contributed by atoms with Gasteiger partial charge in [0, 0.05) is 11.4 Å². The lowest BCUT2D eigenvalue weighted by Crippen LogP contribution is -2.25. The standard InChI is InChI=1S/C12H14ClNO/c13-10-7-5-9(6-8-10)11-3-1-2-4-12(15)14-11/h5-8,11H,1-4H2,(H,14,15). The highest BCUT2D eigenvalue weighted by Crippen LogP contribution is 2.24. The van der Waals surface area contributed by atoms with Crippen LogP contribution < -0.4 is 5.32 Å². The van der Waals surface area contributed by atoms with Gasteiger partial charge in [0.05, 0.1) is 6.04 Å². The Kier molecular flexibility index (Phi) is 3.27. The molecule has 3 heteroatoms. The third kappa shape index (κ3) is 2.72. The number of nitrogens with one attached hydrogen (secondary N) is 1. The minimum atomic E-state index is 0.160. The van der Waals surface area contributed by atoms with E-state index in [0.717, 1.165) is 29.8 Å². The van der Waals surface area contributed by atoms with E-state index in [1.165, 1.54) is 0 Å². The van der Waals surface area contributed by atoms with Crippen LogP contribution in [0.2, 0.25) is 5.02 Å². The molecule has 0 bridgehead atoms. The molecule has 1 aliphatic rings. The largest absolute Gasteiger partial charge is 0.349 e. The van der Waals surface area contributed by atoms with Gasteiger partial charge in [0.15, 0.2) is 0 Å². The van der Waals surface area contributed by atoms with E-state index in [-0.39, 0.29) is 11.9 Å². The summed E-state index contributed by atoms with van der Waals surface area (Å²) >= 11 is 5.82. The van der Waals surface area contributed by atoms with Gasteiger partial charge in [-0.1, -0.05) is 30.2 Å². The van der Waals surface area contributed by atoms with Crippen molar-refractivity contribution < 1.29 is 4.79 Å². The fraction of sp³-hybridized carbons (Fsp3) is 0.417. The zero-order valence-corrected chi connectivity index (χ0v) is 9.26. The van der Waals surface area contributed by atoms with Gasteiger partial charge in [-0.2, -0.15) is 0 Å². The van der Waals surface area contributed by atoms with E-state index in [1.54, 1.807) is 0 Å². The number of benzene rings is 1. The SMILES string of the molecule is O=C1CCCCC(c2ccc(Cl)cc2)N1. The molecule has 80 valence electrons. The summed E-state index contributed by atoms with van der Waals surface area (Å²) in [5, 5.41) is 3.77. The Bertz CT molecular complexity index is 347. The molecule has 0 spiro atoms. The van der Waals surface area contributed by atoms with Crippen LogP contribution in [0.3, 0.4) is 0 Å². The van der Waals surface area contributed by atoms with Gasteiger partial charge in [-0.25, -0.2) is 0 Å². The van der Waals surface area contributed by atoms with Crippen molar-refractivity contribution in [1.29, 1.82) is 0 Å². The van der Waals surface area contributed by atoms with Crippen molar-refractivity contribution in [3.63, 3.8) is 0 Å². The summed E-state index contributed by atoms with van der Waals surface area (Å²) in [6, 6.07) is 7.87. The predicted molar refractivity (Wildman–Crippen MR) is 60.8 cm³/mol. The second-order valence-corrected chi connectivity index (χ2v) is 4.35. The van der Waals surface area contributed by atoms with E-state index in [2.05, 4.69) is 5.32 Å². The van der Waals surface area contributed by atoms with E-state index in [4.69, 9.17) is 11.6 Å². The molecule has 1 aromatic carbocycles. The van der Waals surface area contributed by atoms with Crippen molar-refractivity contribution in [3.05, 3.63) is 34.9 Å². The third-order valence-corrected chi connectivity index (χ3v) is 3.01. The van der Waals surface area contributed by atoms with Gasteiger partial charge in [-0.15, -0.1) is 0 Å². The average molecular weight is 224 g/mol. The van der Waals surface area contributed by atoms with Crippen LogP contribution in [0.25, 0.3) is 0 Å². The first kappa shape index (κ1) is 10.5. The number of hydrogen-bond donors (Lipinski definition) is 1. The molecule has 1 aromatic rings. The Morgan fingerprint density at radius 3 is 2.67 bits per heavy atom. The summed E-state index contributed by atoms with van der Waals surface area (Å²) in [7, 11) is 0. The summed E-state index contributed by atoms with van der Waals surface area (Å²) in [5.41, 5.74) is 1.15. The minimum absolute atomic E-state index is 0.160. The van der Waals surface area contributed by atoms with Gasteiger partial charge in [-0.3, -0.25) is 4.79 Å². The van der Waals surface area contributed by atoms with Gasteiger partial charge in [0.25, 0.3) is 0 Å². The van der Waals surface area contributed by atoms with Crippen molar-refractivity contribution in [2.24, 2.45) is 0 Å². The first-order chi connectivity index (χ1) is 7.25. The molecular formula is C12H14ClNO. The molecular weight excluding hydrogens is 210 g/mol. The van der Waals surface area contributed by atoms with Crippen LogP contribution in [0.5, 0.6) is 0 Å². The van der Waals surface area contributed by atoms with Gasteiger partial charge in [-0.05, 0) is 30.5 Å². The van der Waals surface area contributed by atoms with Gasteiger partial charge >= 0.3 is 0 Å². The fourth-order valence-corrected chi connectivity index (χ4v) is 2.04. The van der Waals surface area contributed by atoms with Crippen molar-refractivity contribution >= 4 is 17.5 Å². The van der Waals surface area contributed by atoms with Crippen LogP contribution in [0.15, 0.2) is 24.3 Å². The summed E-state index contributed by atoms with van der Waals surface area (Å²) in [4.78, 5) is 11.4. The normalized spacial score (nSPS) is 21.9. The molecule has 2 nitrogen and oxygen atoms in total. The second-order valence-electron chi connectivity index (χ2n) is 3.92. The first-order valence-corrected chi connectivity index (χ1v) is 5.68. The van der Waals surface area contributed by atoms with Crippen molar-refractivity contribution in [1.82, 2.24) is 5.32 Å². The van der Waals surface area contributed by atoms with Crippen molar-refractivity contribution in [2.75, 3.05) is 0 Å². The van der Waals surface area contributed by atoms with E-state index in [9.17, 15) is 4.79 Å². The number of amides is 1. The van der Waals surface area contributed by atoms with Crippen LogP contribution in [-0.4, -0.2) is 5.91 Å². The molecule has 1 saturated heterocycles. The zero-order chi connectivity index (χ0) is 10.7. The fourth-order valence-electron chi connectivity index (χ4n) is 1.92. The lowest BCUT2D eigenvalue weighted by molar-refractivity contribution is -0.121. The van der Waals surface area contributed by atoms with Gasteiger partial charge in [0.2, 0.25) is 5.91 Å². The zero-order valence-electron chi connectivity index (χ0n) is 8.50. The smallest absolute Gasteiger partial charge is 0.220 e. The lowest BCUT2D eigenvalue weighted by atomic mass is 10.0. The Morgan fingerprint density at radius 1 is 1.20 bits per heavy atom. The number of carbonyl (C=O) groups excluding carboxylic acids is 1. The quantitative estimate of drug-likeness (QED) is 0.779. The maximum absolute atomic E-state index is 11.4. The second kappa shape index (κ2) is 4.67. The maximum Gasteiger partial charge on any atom is 0.220 e. The molecule has 1 unspecified atom stereocenters. The summed E-state index contributed by atoms with van der Waals surface area (Å²) < 4.78 is 0. The van der Waals surface area contributed by atoms with E-state index < -0.39 is 0 Å². The number of carbonyl (C=O) groups is 1. The van der Waals surface area contributed by atoms with Crippen LogP contribution in [0, 0.1) is 0 Å². The lowest BCUT2D eigenvalue weighted by Gasteiger charge is -2.16. The average Bonchev–Trinajstić information content (AvgIpc) is 2.44. The molecule has 0 saturated carbocycles. The first-order valence-electron chi connectivity index (χ1n) is 5.30. The predicted octanol–water partition coefficient (Wildman–Crippen LogP) is 3.07. The van der Waals surface area contributed by atoms with E-state index in [1.807, 2.05) is 24.3 Å². The summed E-state index contributed by atoms with van der Waals surface area (Å²) in [6.45, 7) is 0. The van der Waals surface area contributed by atoms with Crippen LogP contribution in [-0.2, 0) is 4.79 Å². The topological polar surface area (TPSA) is 29.1 Å². The number of halogens is 1. The molecule has 1 amide bonds. The van der Waals surface area contributed by atoms with E-state index >= 15 is 0 Å². The molecule has 1 heterocycles. The maximum atomic E-state index is 11.4. The highest BCUT2D eigenvalue weighted by Gasteiger charge is 2.17. The van der Waals surface area contributed by atoms with Crippen LogP contribution >= 0.6 is 11.6 Å². The van der Waals surface area contributed by atoms with E-state index in [0.29, 0.717) is 6.42 Å². The van der Waals surface area contributed by atoms with Crippen LogP contribution in [0.4, 0.5) is 0 Å². The Labute approximate surface area is 94.6 Å². The van der Waals surface area contributed by atoms with Gasteiger partial charge < -0.3 is 5.32 Å². The highest BCUT2D eigenvalue weighted by molar-refractivity contribution is 6.30. The number of hydrogen-bond acceptors (Lipinski definition) is 1. The molecule has 1 atom stereocenters. The summed E-state index contributed by atoms with van der Waals surface area (Å²) in [6.07, 6.45) is 3.78. The molecule has 1 N–H and O–H groups in total. The van der Waals surface area contributed by atoms with Crippen molar-refractivity contribution in [3.8, 4) is 0 Å². The third-order valence-electron chi connectivity index (χ3n) is 2.75. The molecule has 0 aliphatic carbocycles. The molecule has 1 fully saturated rings. The molecule has 2 rings (SSSR count). The molecule has 1 aliphatic heterocycles. The molecule has 15 heavy (non-hydrogen) atoms. The molecule has 0 radical (unpaired) electrons. The highest BCUT2D eigenvalue weighted by atomic mass is 35.5. The monoisotopic (exact) mass is 223 g/mol. The van der Waals surface area contributed by atoms with Crippen molar-refractivity contribution in [2.45, 2.75) is 31.7 Å². The Morgan fingerprint density at radius 2 is 1.93 bits per heavy atom. The molecule has 0 aromatic heterocycles. The minimum Gasteiger partial charge on any atom is -0.349 e. The van der Waals surface area contributed by atoms with Crippen LogP contribution in [0.1, 0.15) is 37.3 Å². The Balaban J connectivity index is 2.14. The number of rotatable bonds is 1. The summed E-state index contributed by atoms with van der Waals surface area (Å²) in [5.74, 6) is 0.160. The van der Waals surface area contributed by atoms with Gasteiger partial charge in [0.1, 0.15) is 0 Å².